The molecule has 4 aromatic rings. The van der Waals surface area contributed by atoms with Gasteiger partial charge in [0, 0.05) is 10.6 Å². The van der Waals surface area contributed by atoms with Crippen LogP contribution in [0.1, 0.15) is 6.92 Å². The molecule has 0 aromatic heterocycles. The van der Waals surface area contributed by atoms with Crippen LogP contribution < -0.4 is 30.7 Å². The molecule has 0 bridgehead atoms. The highest BCUT2D eigenvalue weighted by atomic mass is 31.1. The first-order valence-corrected chi connectivity index (χ1v) is 14.1. The van der Waals surface area contributed by atoms with E-state index in [0.29, 0.717) is 5.66 Å². The monoisotopic (exact) mass is 472 g/mol. The average molecular weight is 473 g/mol. The molecule has 0 aliphatic carbocycles. The standard InChI is InChI=1S/C29H30O2P2/c1-23(33(25-16-8-5-9-17-25)29-21-13-11-19-27(29)31-3)22-32(24-14-6-4-7-15-24)28-20-12-10-18-26(28)30-2/h4-21,23H,22H2,1-3H3. The molecule has 0 aliphatic heterocycles. The molecular weight excluding hydrogens is 442 g/mol. The molecule has 0 aliphatic rings. The fraction of sp³-hybridized carbons (Fsp3) is 0.172. The summed E-state index contributed by atoms with van der Waals surface area (Å²) < 4.78 is 11.6. The summed E-state index contributed by atoms with van der Waals surface area (Å²) in [4.78, 5) is 0. The largest absolute Gasteiger partial charge is 0.496 e. The quantitative estimate of drug-likeness (QED) is 0.293. The van der Waals surface area contributed by atoms with Crippen LogP contribution in [0.25, 0.3) is 0 Å². The van der Waals surface area contributed by atoms with Crippen LogP contribution in [0.5, 0.6) is 11.5 Å². The molecule has 0 fully saturated rings. The molecule has 3 unspecified atom stereocenters. The molecule has 0 spiro atoms. The molecule has 4 aromatic carbocycles. The van der Waals surface area contributed by atoms with Crippen molar-refractivity contribution in [2.24, 2.45) is 0 Å². The predicted molar refractivity (Wildman–Crippen MR) is 146 cm³/mol. The smallest absolute Gasteiger partial charge is 0.126 e. The minimum atomic E-state index is -0.615. The summed E-state index contributed by atoms with van der Waals surface area (Å²) in [6.45, 7) is 2.40. The molecule has 2 nitrogen and oxygen atoms in total. The van der Waals surface area contributed by atoms with Gasteiger partial charge in [0.15, 0.2) is 0 Å². The van der Waals surface area contributed by atoms with Crippen LogP contribution in [-0.2, 0) is 0 Å². The van der Waals surface area contributed by atoms with Gasteiger partial charge in [-0.15, -0.1) is 0 Å². The Kier molecular flexibility index (Phi) is 8.16. The summed E-state index contributed by atoms with van der Waals surface area (Å²) in [5, 5.41) is 5.37. The van der Waals surface area contributed by atoms with Crippen LogP contribution in [0.2, 0.25) is 0 Å². The number of para-hydroxylation sites is 2. The predicted octanol–water partition coefficient (Wildman–Crippen LogP) is 5.66. The highest BCUT2D eigenvalue weighted by molar-refractivity contribution is 7.77. The molecular formula is C29H30O2P2. The van der Waals surface area contributed by atoms with Crippen molar-refractivity contribution < 1.29 is 9.47 Å². The lowest BCUT2D eigenvalue weighted by molar-refractivity contribution is 0.418. The Morgan fingerprint density at radius 2 is 1.03 bits per heavy atom. The van der Waals surface area contributed by atoms with Gasteiger partial charge in [-0.05, 0) is 50.4 Å². The van der Waals surface area contributed by atoms with Crippen molar-refractivity contribution in [1.82, 2.24) is 0 Å². The Labute approximate surface area is 200 Å². The zero-order valence-electron chi connectivity index (χ0n) is 19.4. The van der Waals surface area contributed by atoms with Crippen molar-refractivity contribution in [2.75, 3.05) is 20.4 Å². The third-order valence-corrected chi connectivity index (χ3v) is 11.6. The van der Waals surface area contributed by atoms with Gasteiger partial charge >= 0.3 is 0 Å². The summed E-state index contributed by atoms with van der Waals surface area (Å²) in [6.07, 6.45) is 1.07. The Morgan fingerprint density at radius 1 is 0.576 bits per heavy atom. The third kappa shape index (κ3) is 5.47. The maximum Gasteiger partial charge on any atom is 0.126 e. The van der Waals surface area contributed by atoms with E-state index >= 15 is 0 Å². The second-order valence-electron chi connectivity index (χ2n) is 7.84. The van der Waals surface area contributed by atoms with Gasteiger partial charge in [-0.25, -0.2) is 0 Å². The van der Waals surface area contributed by atoms with E-state index in [2.05, 4.69) is 116 Å². The average Bonchev–Trinajstić information content (AvgIpc) is 2.89. The summed E-state index contributed by atoms with van der Waals surface area (Å²) >= 11 is 0. The van der Waals surface area contributed by atoms with Gasteiger partial charge in [0.2, 0.25) is 0 Å². The number of rotatable bonds is 9. The first-order valence-electron chi connectivity index (χ1n) is 11.2. The SMILES string of the molecule is COc1ccccc1P(CC(C)P(c1ccccc1)c1ccccc1OC)c1ccccc1. The number of ether oxygens (including phenoxy) is 2. The molecule has 0 saturated carbocycles. The van der Waals surface area contributed by atoms with E-state index in [-0.39, 0.29) is 0 Å². The van der Waals surface area contributed by atoms with Crippen LogP contribution in [0.3, 0.4) is 0 Å². The lowest BCUT2D eigenvalue weighted by Gasteiger charge is -2.31. The minimum Gasteiger partial charge on any atom is -0.496 e. The van der Waals surface area contributed by atoms with Crippen molar-refractivity contribution in [1.29, 1.82) is 0 Å². The van der Waals surface area contributed by atoms with Crippen molar-refractivity contribution in [3.63, 3.8) is 0 Å². The van der Waals surface area contributed by atoms with Gasteiger partial charge in [-0.3, -0.25) is 0 Å². The molecule has 33 heavy (non-hydrogen) atoms. The lowest BCUT2D eigenvalue weighted by atomic mass is 10.3. The number of hydrogen-bond donors (Lipinski definition) is 0. The Bertz CT molecular complexity index is 1150. The fourth-order valence-electron chi connectivity index (χ4n) is 4.20. The lowest BCUT2D eigenvalue weighted by Crippen LogP contribution is -2.26. The number of methoxy groups -OCH3 is 2. The van der Waals surface area contributed by atoms with Crippen LogP contribution in [0.4, 0.5) is 0 Å². The van der Waals surface area contributed by atoms with Crippen LogP contribution >= 0.6 is 15.8 Å². The van der Waals surface area contributed by atoms with E-state index in [1.165, 1.54) is 21.2 Å². The maximum absolute atomic E-state index is 5.81. The van der Waals surface area contributed by atoms with Crippen molar-refractivity contribution in [2.45, 2.75) is 12.6 Å². The van der Waals surface area contributed by atoms with E-state index in [9.17, 15) is 0 Å². The van der Waals surface area contributed by atoms with Gasteiger partial charge in [0.05, 0.1) is 14.2 Å². The van der Waals surface area contributed by atoms with E-state index in [0.717, 1.165) is 17.7 Å². The van der Waals surface area contributed by atoms with Crippen molar-refractivity contribution in [3.05, 3.63) is 109 Å². The molecule has 3 atom stereocenters. The van der Waals surface area contributed by atoms with Crippen LogP contribution in [0, 0.1) is 0 Å². The number of hydrogen-bond acceptors (Lipinski definition) is 2. The molecule has 0 amide bonds. The topological polar surface area (TPSA) is 18.5 Å². The summed E-state index contributed by atoms with van der Waals surface area (Å²) in [7, 11) is 2.33. The maximum atomic E-state index is 5.81. The molecule has 4 rings (SSSR count). The molecule has 168 valence electrons. The number of benzene rings is 4. The molecule has 0 saturated heterocycles. The van der Waals surface area contributed by atoms with Gasteiger partial charge in [0.1, 0.15) is 11.5 Å². The molecule has 0 N–H and O–H groups in total. The highest BCUT2D eigenvalue weighted by Gasteiger charge is 2.28. The zero-order valence-corrected chi connectivity index (χ0v) is 21.2. The Hall–Kier alpha value is -2.66. The molecule has 0 radical (unpaired) electrons. The van der Waals surface area contributed by atoms with Gasteiger partial charge < -0.3 is 9.47 Å². The summed E-state index contributed by atoms with van der Waals surface area (Å²) in [5.74, 6) is 1.95. The van der Waals surface area contributed by atoms with Crippen LogP contribution in [0.15, 0.2) is 109 Å². The minimum absolute atomic E-state index is 0.440. The second kappa shape index (κ2) is 11.5. The molecule has 4 heteroatoms. The summed E-state index contributed by atoms with van der Waals surface area (Å²) in [5.41, 5.74) is 0.440. The van der Waals surface area contributed by atoms with E-state index in [1.807, 2.05) is 0 Å². The fourth-order valence-corrected chi connectivity index (χ4v) is 10.2. The normalized spacial score (nSPS) is 13.7. The van der Waals surface area contributed by atoms with Gasteiger partial charge in [0.25, 0.3) is 0 Å². The Morgan fingerprint density at radius 3 is 1.61 bits per heavy atom. The first-order chi connectivity index (χ1) is 16.2. The van der Waals surface area contributed by atoms with E-state index < -0.39 is 15.8 Å². The van der Waals surface area contributed by atoms with Gasteiger partial charge in [-0.1, -0.05) is 104 Å². The zero-order chi connectivity index (χ0) is 23.0. The van der Waals surface area contributed by atoms with Gasteiger partial charge in [-0.2, -0.15) is 0 Å². The summed E-state index contributed by atoms with van der Waals surface area (Å²) in [6, 6.07) is 38.8. The third-order valence-electron chi connectivity index (χ3n) is 5.71. The van der Waals surface area contributed by atoms with E-state index in [4.69, 9.17) is 9.47 Å². The molecule has 0 heterocycles. The first kappa shape index (κ1) is 23.5. The Balaban J connectivity index is 1.78. The van der Waals surface area contributed by atoms with Crippen LogP contribution in [-0.4, -0.2) is 26.0 Å². The van der Waals surface area contributed by atoms with Crippen molar-refractivity contribution >= 4 is 37.1 Å². The second-order valence-corrected chi connectivity index (χ2v) is 12.7. The van der Waals surface area contributed by atoms with E-state index in [1.54, 1.807) is 14.2 Å². The highest BCUT2D eigenvalue weighted by Crippen LogP contribution is 2.48. The van der Waals surface area contributed by atoms with Crippen molar-refractivity contribution in [3.8, 4) is 11.5 Å².